The van der Waals surface area contributed by atoms with Crippen LogP contribution in [0.1, 0.15) is 20.8 Å². The van der Waals surface area contributed by atoms with Crippen molar-refractivity contribution in [1.29, 1.82) is 0 Å². The molecular weight excluding hydrogens is 594 g/mol. The van der Waals surface area contributed by atoms with Crippen molar-refractivity contribution in [2.24, 2.45) is 5.41 Å². The van der Waals surface area contributed by atoms with Crippen LogP contribution in [0.4, 0.5) is 0 Å². The average molecular weight is 632 g/mol. The normalized spacial score (nSPS) is 20.2. The predicted octanol–water partition coefficient (Wildman–Crippen LogP) is -0.733. The molecule has 0 bridgehead atoms. The van der Waals surface area contributed by atoms with Crippen LogP contribution < -0.4 is 0 Å². The molecule has 1 atom stereocenters. The van der Waals surface area contributed by atoms with Crippen LogP contribution in [0.3, 0.4) is 0 Å². The van der Waals surface area contributed by atoms with E-state index >= 15 is 0 Å². The van der Waals surface area contributed by atoms with Crippen LogP contribution in [0.5, 0.6) is 0 Å². The van der Waals surface area contributed by atoms with E-state index in [-0.39, 0.29) is 116 Å². The maximum atomic E-state index is 12.1. The minimum atomic E-state index is -1.05. The number of aliphatic carboxylic acids is 4. The van der Waals surface area contributed by atoms with Crippen molar-refractivity contribution < 1.29 is 84.0 Å². The number of hydrogen-bond acceptors (Lipinski definition) is 7. The average Bonchev–Trinajstić information content (AvgIpc) is 2.62. The van der Waals surface area contributed by atoms with Crippen molar-refractivity contribution in [3.05, 3.63) is 7.05 Å². The summed E-state index contributed by atoms with van der Waals surface area (Å²) in [5.41, 5.74) is -0.612. The first kappa shape index (κ1) is 33.0. The number of quaternary nitrogens is 1. The Morgan fingerprint density at radius 1 is 0.794 bits per heavy atom. The first-order chi connectivity index (χ1) is 15.1. The standard InChI is InChI=1S/C21H38N4O8.Gd/c1-21(2,3)19(20(32)33)24-7-5-22(13-16(26)27)9-11-25(4,15-18(30)31)12-10-23(6-8-24)14-17(28)29;/h19H,4-15H2,1-3H3,(H,26,27)(H,28,29)(H,30,31)(H,32,33);. The molecule has 12 nitrogen and oxygen atoms in total. The number of rotatable bonds is 8. The summed E-state index contributed by atoms with van der Waals surface area (Å²) in [6.45, 7) is 6.69. The van der Waals surface area contributed by atoms with Gasteiger partial charge in [0.05, 0.1) is 26.2 Å². The Morgan fingerprint density at radius 3 is 1.50 bits per heavy atom. The summed E-state index contributed by atoms with van der Waals surface area (Å²) in [6.07, 6.45) is 0. The Labute approximate surface area is 232 Å². The van der Waals surface area contributed by atoms with Crippen molar-refractivity contribution in [3.8, 4) is 0 Å². The minimum absolute atomic E-state index is 0. The van der Waals surface area contributed by atoms with E-state index in [1.165, 1.54) is 0 Å². The molecule has 1 rings (SSSR count). The summed E-state index contributed by atoms with van der Waals surface area (Å²) in [6, 6.07) is -0.853. The van der Waals surface area contributed by atoms with Crippen molar-refractivity contribution in [3.63, 3.8) is 0 Å². The maximum absolute atomic E-state index is 12.1. The van der Waals surface area contributed by atoms with Crippen molar-refractivity contribution >= 4 is 23.9 Å². The Kier molecular flexibility index (Phi) is 14.2. The molecule has 0 aliphatic carbocycles. The van der Waals surface area contributed by atoms with Gasteiger partial charge in [0.1, 0.15) is 6.04 Å². The number of carboxylic acids is 4. The molecule has 1 aliphatic rings. The van der Waals surface area contributed by atoms with Gasteiger partial charge < -0.3 is 24.9 Å². The van der Waals surface area contributed by atoms with Gasteiger partial charge in [-0.05, 0) is 5.41 Å². The smallest absolute Gasteiger partial charge is 0.357 e. The number of hydrogen-bond donors (Lipinski definition) is 4. The summed E-state index contributed by atoms with van der Waals surface area (Å²) in [5, 5.41) is 37.9. The zero-order valence-corrected chi connectivity index (χ0v) is 22.4. The van der Waals surface area contributed by atoms with E-state index in [9.17, 15) is 39.6 Å². The fraction of sp³-hybridized carbons (Fsp3) is 0.762. The summed E-state index contributed by atoms with van der Waals surface area (Å²) in [4.78, 5) is 51.4. The minimum Gasteiger partial charge on any atom is -0.480 e. The fourth-order valence-corrected chi connectivity index (χ4v) is 4.17. The van der Waals surface area contributed by atoms with Gasteiger partial charge in [0.25, 0.3) is 0 Å². The van der Waals surface area contributed by atoms with Gasteiger partial charge in [0.15, 0.2) is 6.54 Å². The van der Waals surface area contributed by atoms with E-state index in [1.807, 2.05) is 20.8 Å². The van der Waals surface area contributed by atoms with Crippen LogP contribution in [0, 0.1) is 52.4 Å². The molecule has 0 aromatic rings. The maximum Gasteiger partial charge on any atom is 0.357 e. The molecule has 4 N–H and O–H groups in total. The third-order valence-electron chi connectivity index (χ3n) is 5.80. The van der Waals surface area contributed by atoms with Gasteiger partial charge in [-0.3, -0.25) is 29.1 Å². The molecule has 1 unspecified atom stereocenters. The van der Waals surface area contributed by atoms with E-state index in [2.05, 4.69) is 7.05 Å². The molecule has 0 saturated carbocycles. The Morgan fingerprint density at radius 2 is 1.21 bits per heavy atom. The quantitative estimate of drug-likeness (QED) is 0.198. The monoisotopic (exact) mass is 632 g/mol. The molecule has 1 heterocycles. The molecule has 0 aromatic heterocycles. The fourth-order valence-electron chi connectivity index (χ4n) is 4.17. The van der Waals surface area contributed by atoms with Crippen molar-refractivity contribution in [2.45, 2.75) is 26.8 Å². The van der Waals surface area contributed by atoms with E-state index in [4.69, 9.17) is 0 Å². The zero-order chi connectivity index (χ0) is 25.4. The molecule has 1 aliphatic heterocycles. The van der Waals surface area contributed by atoms with Crippen LogP contribution in [0.25, 0.3) is 0 Å². The molecule has 0 amide bonds. The summed E-state index contributed by atoms with van der Waals surface area (Å²) in [7, 11) is 4.04. The van der Waals surface area contributed by atoms with Crippen LogP contribution in [-0.4, -0.2) is 142 Å². The molecule has 0 aromatic carbocycles. The molecular formula is C21H38GdN4O8. The Hall–Kier alpha value is -0.955. The van der Waals surface area contributed by atoms with Gasteiger partial charge in [0.2, 0.25) is 0 Å². The van der Waals surface area contributed by atoms with Gasteiger partial charge in [-0.15, -0.1) is 7.05 Å². The van der Waals surface area contributed by atoms with Crippen LogP contribution in [0.15, 0.2) is 0 Å². The van der Waals surface area contributed by atoms with Crippen LogP contribution in [0.2, 0.25) is 0 Å². The van der Waals surface area contributed by atoms with E-state index < -0.39 is 35.3 Å². The SMILES string of the molecule is [CH2-][N+]1(CC(=O)O)CCN(CC(=O)O)CCN(C(C(=O)O)C(C)(C)C)CCN(CC(=O)O)CC1.[Gd]. The predicted molar refractivity (Wildman–Crippen MR) is 118 cm³/mol. The van der Waals surface area contributed by atoms with Crippen molar-refractivity contribution in [1.82, 2.24) is 14.7 Å². The van der Waals surface area contributed by atoms with Gasteiger partial charge in [-0.25, -0.2) is 4.79 Å². The van der Waals surface area contributed by atoms with E-state index in [0.717, 1.165) is 0 Å². The van der Waals surface area contributed by atoms with Gasteiger partial charge in [0, 0.05) is 79.2 Å². The second-order valence-electron chi connectivity index (χ2n) is 9.82. The van der Waals surface area contributed by atoms with Crippen molar-refractivity contribution in [2.75, 3.05) is 72.0 Å². The second kappa shape index (κ2) is 14.6. The molecule has 1 fully saturated rings. The summed E-state index contributed by atoms with van der Waals surface area (Å²) in [5.74, 6) is -4.12. The zero-order valence-electron chi connectivity index (χ0n) is 20.1. The number of nitrogens with zero attached hydrogens (tertiary/aromatic N) is 4. The molecule has 198 valence electrons. The summed E-state index contributed by atoms with van der Waals surface area (Å²) < 4.78 is -0.120. The molecule has 13 heteroatoms. The third-order valence-corrected chi connectivity index (χ3v) is 5.80. The topological polar surface area (TPSA) is 159 Å². The molecule has 0 spiro atoms. The van der Waals surface area contributed by atoms with Crippen LogP contribution in [-0.2, 0) is 19.2 Å². The Balaban J connectivity index is 0.0000109. The largest absolute Gasteiger partial charge is 0.480 e. The van der Waals surface area contributed by atoms with E-state index in [0.29, 0.717) is 0 Å². The van der Waals surface area contributed by atoms with Crippen LogP contribution >= 0.6 is 0 Å². The summed E-state index contributed by atoms with van der Waals surface area (Å²) >= 11 is 0. The first-order valence-electron chi connectivity index (χ1n) is 10.9. The molecule has 1 saturated heterocycles. The Bertz CT molecular complexity index is 683. The number of carbonyl (C=O) groups is 4. The van der Waals surface area contributed by atoms with Gasteiger partial charge >= 0.3 is 23.9 Å². The van der Waals surface area contributed by atoms with E-state index in [1.54, 1.807) is 14.7 Å². The third kappa shape index (κ3) is 12.1. The first-order valence-corrected chi connectivity index (χ1v) is 10.9. The van der Waals surface area contributed by atoms with Gasteiger partial charge in [-0.2, -0.15) is 0 Å². The second-order valence-corrected chi connectivity index (χ2v) is 9.82. The van der Waals surface area contributed by atoms with Gasteiger partial charge in [-0.1, -0.05) is 20.8 Å². The molecule has 34 heavy (non-hydrogen) atoms. The molecule has 0 radical (unpaired) electrons. The number of carboxylic acid groups (broad SMARTS) is 4.